The van der Waals surface area contributed by atoms with Crippen molar-refractivity contribution in [1.29, 1.82) is 0 Å². The first-order valence-electron chi connectivity index (χ1n) is 7.73. The van der Waals surface area contributed by atoms with Gasteiger partial charge < -0.3 is 10.1 Å². The molecule has 0 bridgehead atoms. The van der Waals surface area contributed by atoms with Crippen LogP contribution in [0.4, 0.5) is 0 Å². The number of methoxy groups -OCH3 is 1. The average Bonchev–Trinajstić information content (AvgIpc) is 2.52. The van der Waals surface area contributed by atoms with E-state index in [1.165, 1.54) is 12.7 Å². The number of carbonyl (C=O) groups is 1. The van der Waals surface area contributed by atoms with Gasteiger partial charge in [0.25, 0.3) is 0 Å². The summed E-state index contributed by atoms with van der Waals surface area (Å²) < 4.78 is 4.84. The van der Waals surface area contributed by atoms with Crippen LogP contribution in [0.25, 0.3) is 0 Å². The third-order valence-electron chi connectivity index (χ3n) is 4.36. The average molecular weight is 310 g/mol. The Morgan fingerprint density at radius 1 is 1.38 bits per heavy atom. The normalized spacial score (nSPS) is 23.6. The van der Waals surface area contributed by atoms with Crippen LogP contribution in [0, 0.1) is 5.92 Å². The van der Waals surface area contributed by atoms with Gasteiger partial charge in [-0.3, -0.25) is 4.79 Å². The highest BCUT2D eigenvalue weighted by Gasteiger charge is 2.27. The molecule has 1 aliphatic rings. The summed E-state index contributed by atoms with van der Waals surface area (Å²) in [5.74, 6) is 0.0228. The van der Waals surface area contributed by atoms with Crippen LogP contribution in [0.3, 0.4) is 0 Å². The first-order chi connectivity index (χ1) is 10.1. The van der Waals surface area contributed by atoms with Crippen molar-refractivity contribution in [3.8, 4) is 0 Å². The van der Waals surface area contributed by atoms with Gasteiger partial charge in [0.15, 0.2) is 0 Å². The number of esters is 1. The number of nitrogens with one attached hydrogen (secondary N) is 1. The summed E-state index contributed by atoms with van der Waals surface area (Å²) in [6.45, 7) is 2.18. The van der Waals surface area contributed by atoms with Gasteiger partial charge in [-0.2, -0.15) is 0 Å². The Labute approximate surface area is 132 Å². The molecule has 0 spiro atoms. The first-order valence-corrected chi connectivity index (χ1v) is 8.11. The third-order valence-corrected chi connectivity index (χ3v) is 4.59. The van der Waals surface area contributed by atoms with Crippen LogP contribution in [0.1, 0.15) is 50.6 Å². The van der Waals surface area contributed by atoms with E-state index in [2.05, 4.69) is 18.3 Å². The molecule has 0 radical (unpaired) electrons. The molecule has 0 amide bonds. The monoisotopic (exact) mass is 309 g/mol. The van der Waals surface area contributed by atoms with Gasteiger partial charge in [-0.05, 0) is 49.8 Å². The highest BCUT2D eigenvalue weighted by molar-refractivity contribution is 6.30. The summed E-state index contributed by atoms with van der Waals surface area (Å²) >= 11 is 6.08. The van der Waals surface area contributed by atoms with Crippen LogP contribution in [0.2, 0.25) is 5.02 Å². The second-order valence-corrected chi connectivity index (χ2v) is 6.19. The van der Waals surface area contributed by atoms with Crippen LogP contribution in [0.15, 0.2) is 24.3 Å². The minimum absolute atomic E-state index is 0.0599. The molecule has 1 atom stereocenters. The lowest BCUT2D eigenvalue weighted by atomic mass is 9.85. The fraction of sp³-hybridized carbons (Fsp3) is 0.588. The Morgan fingerprint density at radius 3 is 2.67 bits per heavy atom. The molecule has 1 saturated carbocycles. The van der Waals surface area contributed by atoms with Crippen molar-refractivity contribution < 1.29 is 9.53 Å². The summed E-state index contributed by atoms with van der Waals surface area (Å²) in [4.78, 5) is 11.6. The lowest BCUT2D eigenvalue weighted by Gasteiger charge is -2.31. The Bertz CT molecular complexity index is 470. The molecule has 1 fully saturated rings. The van der Waals surface area contributed by atoms with Crippen molar-refractivity contribution in [3.05, 3.63) is 34.9 Å². The molecular formula is C17H24ClNO2. The summed E-state index contributed by atoms with van der Waals surface area (Å²) in [7, 11) is 1.47. The van der Waals surface area contributed by atoms with Crippen LogP contribution in [-0.4, -0.2) is 19.1 Å². The largest absolute Gasteiger partial charge is 0.469 e. The van der Waals surface area contributed by atoms with E-state index in [0.29, 0.717) is 12.1 Å². The lowest BCUT2D eigenvalue weighted by molar-refractivity contribution is -0.146. The number of hydrogen-bond acceptors (Lipinski definition) is 3. The fourth-order valence-electron chi connectivity index (χ4n) is 3.12. The molecule has 1 aromatic rings. The summed E-state index contributed by atoms with van der Waals surface area (Å²) in [5, 5.41) is 4.50. The van der Waals surface area contributed by atoms with Crippen LogP contribution in [0.5, 0.6) is 0 Å². The van der Waals surface area contributed by atoms with E-state index in [1.54, 1.807) is 0 Å². The summed E-state index contributed by atoms with van der Waals surface area (Å²) in [6.07, 6.45) is 4.90. The van der Waals surface area contributed by atoms with E-state index in [-0.39, 0.29) is 11.9 Å². The Balaban J connectivity index is 1.90. The van der Waals surface area contributed by atoms with E-state index in [9.17, 15) is 4.79 Å². The van der Waals surface area contributed by atoms with E-state index in [0.717, 1.165) is 37.1 Å². The standard InChI is InChI=1S/C17H24ClNO2/c1-3-16(13-5-4-6-14(18)11-13)19-15-9-7-12(8-10-15)17(20)21-2/h4-6,11-12,15-16,19H,3,7-10H2,1-2H3. The second-order valence-electron chi connectivity index (χ2n) is 5.75. The Hall–Kier alpha value is -1.06. The van der Waals surface area contributed by atoms with Gasteiger partial charge in [0.1, 0.15) is 0 Å². The van der Waals surface area contributed by atoms with Crippen LogP contribution < -0.4 is 5.32 Å². The van der Waals surface area contributed by atoms with Gasteiger partial charge in [0.2, 0.25) is 0 Å². The van der Waals surface area contributed by atoms with Crippen LogP contribution >= 0.6 is 11.6 Å². The third kappa shape index (κ3) is 4.45. The topological polar surface area (TPSA) is 38.3 Å². The number of ether oxygens (including phenoxy) is 1. The zero-order chi connectivity index (χ0) is 15.2. The quantitative estimate of drug-likeness (QED) is 0.832. The minimum atomic E-state index is -0.0599. The van der Waals surface area contributed by atoms with E-state index in [1.807, 2.05) is 18.2 Å². The maximum atomic E-state index is 11.6. The van der Waals surface area contributed by atoms with Gasteiger partial charge >= 0.3 is 5.97 Å². The second kappa shape index (κ2) is 7.81. The number of hydrogen-bond donors (Lipinski definition) is 1. The predicted molar refractivity (Wildman–Crippen MR) is 85.4 cm³/mol. The molecule has 0 aromatic heterocycles. The van der Waals surface area contributed by atoms with Crippen LogP contribution in [-0.2, 0) is 9.53 Å². The van der Waals surface area contributed by atoms with E-state index in [4.69, 9.17) is 16.3 Å². The molecular weight excluding hydrogens is 286 g/mol. The number of rotatable bonds is 5. The highest BCUT2D eigenvalue weighted by Crippen LogP contribution is 2.28. The van der Waals surface area contributed by atoms with Crippen molar-refractivity contribution >= 4 is 17.6 Å². The maximum Gasteiger partial charge on any atom is 0.308 e. The summed E-state index contributed by atoms with van der Waals surface area (Å²) in [5.41, 5.74) is 1.24. The fourth-order valence-corrected chi connectivity index (χ4v) is 3.32. The molecule has 0 heterocycles. The van der Waals surface area contributed by atoms with Crippen molar-refractivity contribution in [3.63, 3.8) is 0 Å². The zero-order valence-corrected chi connectivity index (χ0v) is 13.5. The van der Waals surface area contributed by atoms with Gasteiger partial charge in [-0.1, -0.05) is 30.7 Å². The molecule has 1 aromatic carbocycles. The smallest absolute Gasteiger partial charge is 0.308 e. The van der Waals surface area contributed by atoms with Gasteiger partial charge in [-0.15, -0.1) is 0 Å². The van der Waals surface area contributed by atoms with Crippen molar-refractivity contribution in [1.82, 2.24) is 5.32 Å². The van der Waals surface area contributed by atoms with Gasteiger partial charge in [0, 0.05) is 17.1 Å². The number of benzene rings is 1. The zero-order valence-electron chi connectivity index (χ0n) is 12.8. The highest BCUT2D eigenvalue weighted by atomic mass is 35.5. The maximum absolute atomic E-state index is 11.6. The first kappa shape index (κ1) is 16.3. The van der Waals surface area contributed by atoms with Crippen molar-refractivity contribution in [2.45, 2.75) is 51.1 Å². The van der Waals surface area contributed by atoms with Crippen molar-refractivity contribution in [2.75, 3.05) is 7.11 Å². The molecule has 1 aliphatic carbocycles. The molecule has 0 saturated heterocycles. The molecule has 0 aliphatic heterocycles. The number of carbonyl (C=O) groups excluding carboxylic acids is 1. The molecule has 4 heteroatoms. The number of halogens is 1. The van der Waals surface area contributed by atoms with Gasteiger partial charge in [0.05, 0.1) is 13.0 Å². The summed E-state index contributed by atoms with van der Waals surface area (Å²) in [6, 6.07) is 8.84. The molecule has 1 unspecified atom stereocenters. The SMILES string of the molecule is CCC(NC1CCC(C(=O)OC)CC1)c1cccc(Cl)c1. The molecule has 21 heavy (non-hydrogen) atoms. The van der Waals surface area contributed by atoms with Crippen molar-refractivity contribution in [2.24, 2.45) is 5.92 Å². The minimum Gasteiger partial charge on any atom is -0.469 e. The molecule has 116 valence electrons. The van der Waals surface area contributed by atoms with E-state index >= 15 is 0 Å². The Morgan fingerprint density at radius 2 is 2.10 bits per heavy atom. The predicted octanol–water partition coefficient (Wildman–Crippen LogP) is 4.11. The van der Waals surface area contributed by atoms with Gasteiger partial charge in [-0.25, -0.2) is 0 Å². The Kier molecular flexibility index (Phi) is 6.07. The molecule has 1 N–H and O–H groups in total. The van der Waals surface area contributed by atoms with E-state index < -0.39 is 0 Å². The lowest BCUT2D eigenvalue weighted by Crippen LogP contribution is -2.37. The molecule has 3 nitrogen and oxygen atoms in total. The molecule has 2 rings (SSSR count).